The van der Waals surface area contributed by atoms with Crippen LogP contribution in [0.1, 0.15) is 115 Å². The van der Waals surface area contributed by atoms with Crippen LogP contribution < -0.4 is 0 Å². The fourth-order valence-corrected chi connectivity index (χ4v) is 5.66. The van der Waals surface area contributed by atoms with Crippen molar-refractivity contribution in [2.45, 2.75) is 112 Å². The van der Waals surface area contributed by atoms with Crippen LogP contribution in [0.4, 0.5) is 4.79 Å². The lowest BCUT2D eigenvalue weighted by Crippen LogP contribution is -2.70. The van der Waals surface area contributed by atoms with Crippen molar-refractivity contribution in [3.05, 3.63) is 47.5 Å². The van der Waals surface area contributed by atoms with Gasteiger partial charge in [0.1, 0.15) is 24.7 Å². The zero-order valence-corrected chi connectivity index (χ0v) is 28.7. The van der Waals surface area contributed by atoms with Gasteiger partial charge in [0.15, 0.2) is 0 Å². The van der Waals surface area contributed by atoms with E-state index in [1.165, 1.54) is 24.3 Å². The Morgan fingerprint density at radius 1 is 0.870 bits per heavy atom. The summed E-state index contributed by atoms with van der Waals surface area (Å²) in [5, 5.41) is 21.2. The molecule has 46 heavy (non-hydrogen) atoms. The molecule has 3 unspecified atom stereocenters. The number of hydrogen-bond donors (Lipinski definition) is 2. The molecule has 0 bridgehead atoms. The van der Waals surface area contributed by atoms with Crippen LogP contribution in [0.2, 0.25) is 0 Å². The standard InChI is InChI=1S/C35H52N2O9/c1-10-33(8,23(6)7)19-26(38)21-45-28(40)24-16-15-17-25(18-24)29(41)46-22-27(39)20-36-30(42)35(13-4,14-5)31(43)37(32(36)44)34(9,11-2)12-3/h15-18,26-27,38-39H,6,10-14,19-22H2,1-5,7-9H3. The molecule has 1 fully saturated rings. The van der Waals surface area contributed by atoms with Gasteiger partial charge in [-0.3, -0.25) is 19.4 Å². The Balaban J connectivity index is 2.10. The van der Waals surface area contributed by atoms with Crippen LogP contribution in [-0.2, 0) is 19.1 Å². The maximum Gasteiger partial charge on any atom is 0.338 e. The number of aliphatic hydroxyl groups is 2. The molecule has 2 rings (SSSR count). The van der Waals surface area contributed by atoms with Crippen molar-refractivity contribution in [3.8, 4) is 0 Å². The number of β-amino-alcohol motifs (C(OH)–C–C–N with tert-alkyl or cyclic N) is 1. The monoisotopic (exact) mass is 644 g/mol. The van der Waals surface area contributed by atoms with Gasteiger partial charge in [0.2, 0.25) is 11.8 Å². The molecule has 2 N–H and O–H groups in total. The minimum atomic E-state index is -1.44. The first-order chi connectivity index (χ1) is 21.5. The smallest absolute Gasteiger partial charge is 0.338 e. The van der Waals surface area contributed by atoms with Crippen molar-refractivity contribution < 1.29 is 43.7 Å². The second kappa shape index (κ2) is 15.8. The van der Waals surface area contributed by atoms with E-state index in [9.17, 15) is 34.2 Å². The molecule has 1 aliphatic rings. The number of aliphatic hydroxyl groups excluding tert-OH is 2. The Morgan fingerprint density at radius 3 is 1.80 bits per heavy atom. The first kappa shape index (κ1) is 38.6. The second-order valence-corrected chi connectivity index (χ2v) is 12.8. The highest BCUT2D eigenvalue weighted by Crippen LogP contribution is 2.40. The second-order valence-electron chi connectivity index (χ2n) is 12.8. The maximum atomic E-state index is 13.6. The zero-order chi connectivity index (χ0) is 35.0. The Kier molecular flexibility index (Phi) is 13.3. The SMILES string of the molecule is C=C(C)C(C)(CC)CC(O)COC(=O)c1cccc(C(=O)OCC(O)CN2C(=O)N(C(C)(CC)CC)C(=O)C(CC)(CC)C2=O)c1. The molecule has 1 aliphatic heterocycles. The Morgan fingerprint density at radius 2 is 1.37 bits per heavy atom. The van der Waals surface area contributed by atoms with Gasteiger partial charge in [-0.15, -0.1) is 0 Å². The molecule has 1 saturated heterocycles. The molecule has 0 radical (unpaired) electrons. The summed E-state index contributed by atoms with van der Waals surface area (Å²) in [6.45, 7) is 17.6. The lowest BCUT2D eigenvalue weighted by Gasteiger charge is -2.50. The molecule has 0 aromatic heterocycles. The van der Waals surface area contributed by atoms with Crippen molar-refractivity contribution >= 4 is 29.8 Å². The number of allylic oxidation sites excluding steroid dienone is 1. The first-order valence-electron chi connectivity index (χ1n) is 16.2. The van der Waals surface area contributed by atoms with Gasteiger partial charge in [0.25, 0.3) is 0 Å². The van der Waals surface area contributed by atoms with Crippen LogP contribution >= 0.6 is 0 Å². The first-order valence-corrected chi connectivity index (χ1v) is 16.2. The molecule has 11 nitrogen and oxygen atoms in total. The van der Waals surface area contributed by atoms with E-state index in [2.05, 4.69) is 6.58 Å². The van der Waals surface area contributed by atoms with Crippen LogP contribution in [0, 0.1) is 10.8 Å². The fourth-order valence-electron chi connectivity index (χ4n) is 5.66. The van der Waals surface area contributed by atoms with Gasteiger partial charge in [-0.05, 0) is 76.0 Å². The molecule has 3 atom stereocenters. The summed E-state index contributed by atoms with van der Waals surface area (Å²) in [4.78, 5) is 68.3. The number of rotatable bonds is 17. The molecular weight excluding hydrogens is 592 g/mol. The minimum absolute atomic E-state index is 0.0163. The number of hydrogen-bond acceptors (Lipinski definition) is 9. The third-order valence-corrected chi connectivity index (χ3v) is 10.00. The molecular formula is C35H52N2O9. The molecule has 256 valence electrons. The topological polar surface area (TPSA) is 151 Å². The van der Waals surface area contributed by atoms with Crippen molar-refractivity contribution in [2.75, 3.05) is 19.8 Å². The number of carbonyl (C=O) groups excluding carboxylic acids is 5. The van der Waals surface area contributed by atoms with Crippen LogP contribution in [0.3, 0.4) is 0 Å². The normalized spacial score (nSPS) is 17.7. The summed E-state index contributed by atoms with van der Waals surface area (Å²) in [6, 6.07) is 4.83. The number of amides is 4. The maximum absolute atomic E-state index is 13.6. The number of urea groups is 1. The van der Waals surface area contributed by atoms with Crippen LogP contribution in [-0.4, -0.2) is 87.3 Å². The number of nitrogens with zero attached hydrogens (tertiary/aromatic N) is 2. The number of barbiturate groups is 1. The quantitative estimate of drug-likeness (QED) is 0.131. The Hall–Kier alpha value is -3.57. The third kappa shape index (κ3) is 8.04. The average Bonchev–Trinajstić information content (AvgIpc) is 3.04. The number of imide groups is 2. The van der Waals surface area contributed by atoms with E-state index in [0.29, 0.717) is 19.3 Å². The number of esters is 2. The summed E-state index contributed by atoms with van der Waals surface area (Å²) in [5.41, 5.74) is -1.56. The van der Waals surface area contributed by atoms with Gasteiger partial charge >= 0.3 is 18.0 Å². The molecule has 1 heterocycles. The van der Waals surface area contributed by atoms with Gasteiger partial charge in [0, 0.05) is 5.54 Å². The number of benzene rings is 1. The Bertz CT molecular complexity index is 1300. The van der Waals surface area contributed by atoms with Crippen molar-refractivity contribution in [3.63, 3.8) is 0 Å². The molecule has 0 spiro atoms. The molecule has 1 aromatic rings. The van der Waals surface area contributed by atoms with Gasteiger partial charge in [-0.1, -0.05) is 59.8 Å². The molecule has 0 aliphatic carbocycles. The summed E-state index contributed by atoms with van der Waals surface area (Å²) in [5.74, 6) is -2.79. The minimum Gasteiger partial charge on any atom is -0.459 e. The zero-order valence-electron chi connectivity index (χ0n) is 28.7. The van der Waals surface area contributed by atoms with E-state index in [-0.39, 0.29) is 36.0 Å². The van der Waals surface area contributed by atoms with Gasteiger partial charge in [-0.2, -0.15) is 0 Å². The predicted octanol–water partition coefficient (Wildman–Crippen LogP) is 5.28. The summed E-state index contributed by atoms with van der Waals surface area (Å²) >= 11 is 0. The van der Waals surface area contributed by atoms with Gasteiger partial charge in [0.05, 0.1) is 23.8 Å². The third-order valence-electron chi connectivity index (χ3n) is 10.00. The number of carbonyl (C=O) groups is 5. The summed E-state index contributed by atoms with van der Waals surface area (Å²) in [6.07, 6.45) is 0.126. The summed E-state index contributed by atoms with van der Waals surface area (Å²) in [7, 11) is 0. The van der Waals surface area contributed by atoms with E-state index >= 15 is 0 Å². The molecule has 0 saturated carbocycles. The molecule has 4 amide bonds. The lowest BCUT2D eigenvalue weighted by atomic mass is 9.76. The van der Waals surface area contributed by atoms with Crippen LogP contribution in [0.15, 0.2) is 36.4 Å². The molecule has 11 heteroatoms. The molecule has 1 aromatic carbocycles. The van der Waals surface area contributed by atoms with Crippen molar-refractivity contribution in [2.24, 2.45) is 10.8 Å². The van der Waals surface area contributed by atoms with Gasteiger partial charge in [-0.25, -0.2) is 14.4 Å². The van der Waals surface area contributed by atoms with E-state index in [0.717, 1.165) is 21.8 Å². The van der Waals surface area contributed by atoms with E-state index < -0.39 is 66.1 Å². The van der Waals surface area contributed by atoms with E-state index in [1.807, 2.05) is 34.6 Å². The predicted molar refractivity (Wildman–Crippen MR) is 173 cm³/mol. The average molecular weight is 645 g/mol. The van der Waals surface area contributed by atoms with Crippen molar-refractivity contribution in [1.29, 1.82) is 0 Å². The summed E-state index contributed by atoms with van der Waals surface area (Å²) < 4.78 is 10.5. The fraction of sp³-hybridized carbons (Fsp3) is 0.629. The van der Waals surface area contributed by atoms with E-state index in [4.69, 9.17) is 9.47 Å². The lowest BCUT2D eigenvalue weighted by molar-refractivity contribution is -0.164. The largest absolute Gasteiger partial charge is 0.459 e. The van der Waals surface area contributed by atoms with Gasteiger partial charge < -0.3 is 19.7 Å². The highest BCUT2D eigenvalue weighted by atomic mass is 16.5. The number of ether oxygens (including phenoxy) is 2. The van der Waals surface area contributed by atoms with Crippen LogP contribution in [0.5, 0.6) is 0 Å². The highest BCUT2D eigenvalue weighted by molar-refractivity contribution is 6.19. The van der Waals surface area contributed by atoms with E-state index in [1.54, 1.807) is 20.8 Å². The highest BCUT2D eigenvalue weighted by Gasteiger charge is 2.58. The van der Waals surface area contributed by atoms with Crippen LogP contribution in [0.25, 0.3) is 0 Å². The Labute approximate surface area is 272 Å². The van der Waals surface area contributed by atoms with Crippen molar-refractivity contribution in [1.82, 2.24) is 9.80 Å².